The average Bonchev–Trinajstić information content (AvgIpc) is 2.60. The largest absolute Gasteiger partial charge is 0.475 e. The Morgan fingerprint density at radius 1 is 1.24 bits per heavy atom. The van der Waals surface area contributed by atoms with E-state index < -0.39 is 5.60 Å². The second-order valence-electron chi connectivity index (χ2n) is 6.32. The zero-order valence-electron chi connectivity index (χ0n) is 16.2. The maximum Gasteiger partial charge on any atom is 0.256 e. The number of hydrogen-bond acceptors (Lipinski definition) is 5. The molecule has 0 fully saturated rings. The van der Waals surface area contributed by atoms with Gasteiger partial charge in [0.05, 0.1) is 18.5 Å². The maximum atomic E-state index is 12.7. The second kappa shape index (κ2) is 11.1. The predicted molar refractivity (Wildman–Crippen MR) is 99.1 cm³/mol. The first-order valence-electron chi connectivity index (χ1n) is 9.00. The van der Waals surface area contributed by atoms with Gasteiger partial charge in [0.2, 0.25) is 5.88 Å². The molecule has 1 atom stereocenters. The van der Waals surface area contributed by atoms with Crippen LogP contribution in [0.15, 0.2) is 12.3 Å². The van der Waals surface area contributed by atoms with E-state index in [4.69, 9.17) is 14.2 Å². The molecule has 1 rings (SSSR count). The molecule has 0 aliphatic heterocycles. The normalized spacial score (nSPS) is 13.3. The third-order valence-electron chi connectivity index (χ3n) is 3.93. The summed E-state index contributed by atoms with van der Waals surface area (Å²) in [5.41, 5.74) is 0.677. The molecule has 0 unspecified atom stereocenters. The van der Waals surface area contributed by atoms with Gasteiger partial charge in [0.25, 0.3) is 5.91 Å². The molecule has 0 spiro atoms. The van der Waals surface area contributed by atoms with Gasteiger partial charge < -0.3 is 19.5 Å². The summed E-state index contributed by atoms with van der Waals surface area (Å²) in [6.07, 6.45) is 5.14. The highest BCUT2D eigenvalue weighted by Gasteiger charge is 2.33. The number of hydrogen-bond donors (Lipinski definition) is 1. The first-order chi connectivity index (χ1) is 12.0. The van der Waals surface area contributed by atoms with Gasteiger partial charge in [-0.3, -0.25) is 4.79 Å². The molecule has 142 valence electrons. The Labute approximate surface area is 151 Å². The Balaban J connectivity index is 2.76. The van der Waals surface area contributed by atoms with E-state index in [2.05, 4.69) is 17.2 Å². The van der Waals surface area contributed by atoms with Crippen molar-refractivity contribution >= 4 is 11.6 Å². The van der Waals surface area contributed by atoms with Crippen molar-refractivity contribution in [2.75, 3.05) is 32.2 Å². The van der Waals surface area contributed by atoms with Crippen LogP contribution >= 0.6 is 0 Å². The molecule has 1 aromatic rings. The van der Waals surface area contributed by atoms with Crippen molar-refractivity contribution in [3.8, 4) is 5.88 Å². The van der Waals surface area contributed by atoms with Crippen molar-refractivity contribution in [3.63, 3.8) is 0 Å². The molecule has 0 saturated heterocycles. The lowest BCUT2D eigenvalue weighted by Crippen LogP contribution is -2.43. The van der Waals surface area contributed by atoms with Crippen LogP contribution in [-0.2, 0) is 14.3 Å². The predicted octanol–water partition coefficient (Wildman–Crippen LogP) is 3.73. The summed E-state index contributed by atoms with van der Waals surface area (Å²) in [4.78, 5) is 17.0. The fraction of sp³-hybridized carbons (Fsp3) is 0.684. The number of unbranched alkanes of at least 4 members (excludes halogenated alkanes) is 1. The third-order valence-corrected chi connectivity index (χ3v) is 3.93. The number of carbonyl (C=O) groups excluding carboxylic acids is 1. The van der Waals surface area contributed by atoms with Crippen molar-refractivity contribution in [1.29, 1.82) is 0 Å². The third kappa shape index (κ3) is 7.00. The molecule has 1 aromatic heterocycles. The molecule has 0 bridgehead atoms. The smallest absolute Gasteiger partial charge is 0.256 e. The Morgan fingerprint density at radius 3 is 2.60 bits per heavy atom. The van der Waals surface area contributed by atoms with E-state index in [0.717, 1.165) is 24.8 Å². The lowest BCUT2D eigenvalue weighted by molar-refractivity contribution is -0.140. The van der Waals surface area contributed by atoms with Gasteiger partial charge >= 0.3 is 0 Å². The first-order valence-corrected chi connectivity index (χ1v) is 9.00. The summed E-state index contributed by atoms with van der Waals surface area (Å²) >= 11 is 0. The Hall–Kier alpha value is -1.66. The van der Waals surface area contributed by atoms with E-state index in [-0.39, 0.29) is 5.91 Å². The number of aryl methyl sites for hydroxylation is 1. The summed E-state index contributed by atoms with van der Waals surface area (Å²) in [5, 5.41) is 2.93. The standard InChI is InChI=1S/C19H32N2O4/c1-6-8-9-19(4,25-10-7-2)18(22)21-16-13-15(3)17(20-14-16)24-12-11-23-5/h13-14H,6-12H2,1-5H3,(H,21,22)/t19-/m1/s1. The van der Waals surface area contributed by atoms with Crippen LogP contribution in [0.3, 0.4) is 0 Å². The van der Waals surface area contributed by atoms with Gasteiger partial charge in [-0.05, 0) is 32.8 Å². The summed E-state index contributed by atoms with van der Waals surface area (Å²) in [7, 11) is 1.62. The zero-order chi connectivity index (χ0) is 18.7. The van der Waals surface area contributed by atoms with Crippen molar-refractivity contribution in [3.05, 3.63) is 17.8 Å². The molecule has 0 aliphatic rings. The summed E-state index contributed by atoms with van der Waals surface area (Å²) < 4.78 is 16.4. The molecule has 1 N–H and O–H groups in total. The van der Waals surface area contributed by atoms with E-state index in [1.807, 2.05) is 26.8 Å². The van der Waals surface area contributed by atoms with Gasteiger partial charge in [-0.25, -0.2) is 4.98 Å². The van der Waals surface area contributed by atoms with Crippen LogP contribution in [0.5, 0.6) is 5.88 Å². The quantitative estimate of drug-likeness (QED) is 0.581. The van der Waals surface area contributed by atoms with Crippen LogP contribution in [-0.4, -0.2) is 43.4 Å². The van der Waals surface area contributed by atoms with Gasteiger partial charge in [-0.1, -0.05) is 26.7 Å². The number of methoxy groups -OCH3 is 1. The number of aromatic nitrogens is 1. The van der Waals surface area contributed by atoms with Crippen LogP contribution in [0.1, 0.15) is 52.0 Å². The van der Waals surface area contributed by atoms with Crippen LogP contribution in [0.4, 0.5) is 5.69 Å². The zero-order valence-corrected chi connectivity index (χ0v) is 16.2. The van der Waals surface area contributed by atoms with E-state index in [0.29, 0.717) is 37.8 Å². The van der Waals surface area contributed by atoms with E-state index in [9.17, 15) is 4.79 Å². The van der Waals surface area contributed by atoms with Gasteiger partial charge in [0.1, 0.15) is 12.2 Å². The number of carbonyl (C=O) groups is 1. The van der Waals surface area contributed by atoms with Gasteiger partial charge in [0, 0.05) is 19.3 Å². The topological polar surface area (TPSA) is 69.7 Å². The average molecular weight is 352 g/mol. The monoisotopic (exact) mass is 352 g/mol. The lowest BCUT2D eigenvalue weighted by Gasteiger charge is -2.28. The van der Waals surface area contributed by atoms with Crippen molar-refractivity contribution in [2.45, 2.75) is 59.0 Å². The van der Waals surface area contributed by atoms with Crippen LogP contribution in [0.25, 0.3) is 0 Å². The van der Waals surface area contributed by atoms with E-state index in [1.165, 1.54) is 0 Å². The minimum absolute atomic E-state index is 0.136. The number of anilines is 1. The molecule has 1 heterocycles. The molecule has 6 nitrogen and oxygen atoms in total. The molecular formula is C19H32N2O4. The van der Waals surface area contributed by atoms with E-state index in [1.54, 1.807) is 13.3 Å². The summed E-state index contributed by atoms with van der Waals surface area (Å²) in [6.45, 7) is 9.41. The minimum atomic E-state index is -0.826. The molecular weight excluding hydrogens is 320 g/mol. The van der Waals surface area contributed by atoms with Gasteiger partial charge in [0.15, 0.2) is 0 Å². The maximum absolute atomic E-state index is 12.7. The number of pyridine rings is 1. The Kier molecular flexibility index (Phi) is 9.45. The molecule has 0 saturated carbocycles. The Morgan fingerprint density at radius 2 is 2.00 bits per heavy atom. The van der Waals surface area contributed by atoms with Crippen molar-refractivity contribution < 1.29 is 19.0 Å². The second-order valence-corrected chi connectivity index (χ2v) is 6.32. The highest BCUT2D eigenvalue weighted by molar-refractivity contribution is 5.97. The van der Waals surface area contributed by atoms with Gasteiger partial charge in [-0.2, -0.15) is 0 Å². The molecule has 25 heavy (non-hydrogen) atoms. The Bertz CT molecular complexity index is 526. The van der Waals surface area contributed by atoms with Crippen LogP contribution in [0.2, 0.25) is 0 Å². The van der Waals surface area contributed by atoms with E-state index >= 15 is 0 Å². The van der Waals surface area contributed by atoms with Crippen LogP contribution < -0.4 is 10.1 Å². The molecule has 1 amide bonds. The number of nitrogens with one attached hydrogen (secondary N) is 1. The summed E-state index contributed by atoms with van der Waals surface area (Å²) in [6, 6.07) is 1.85. The fourth-order valence-corrected chi connectivity index (χ4v) is 2.36. The van der Waals surface area contributed by atoms with Crippen LogP contribution in [0, 0.1) is 6.92 Å². The highest BCUT2D eigenvalue weighted by atomic mass is 16.5. The fourth-order valence-electron chi connectivity index (χ4n) is 2.36. The lowest BCUT2D eigenvalue weighted by atomic mass is 9.97. The molecule has 0 aliphatic carbocycles. The molecule has 0 radical (unpaired) electrons. The first kappa shape index (κ1) is 21.4. The summed E-state index contributed by atoms with van der Waals surface area (Å²) in [5.74, 6) is 0.412. The minimum Gasteiger partial charge on any atom is -0.475 e. The number of nitrogens with zero attached hydrogens (tertiary/aromatic N) is 1. The molecule has 0 aromatic carbocycles. The highest BCUT2D eigenvalue weighted by Crippen LogP contribution is 2.24. The SMILES string of the molecule is CCCC[C@@](C)(OCCC)C(=O)Nc1cnc(OCCOC)c(C)c1. The number of ether oxygens (including phenoxy) is 3. The molecule has 6 heteroatoms. The van der Waals surface area contributed by atoms with Gasteiger partial charge in [-0.15, -0.1) is 0 Å². The number of amides is 1. The number of rotatable bonds is 12. The van der Waals surface area contributed by atoms with Crippen molar-refractivity contribution in [1.82, 2.24) is 4.98 Å². The van der Waals surface area contributed by atoms with Crippen molar-refractivity contribution in [2.24, 2.45) is 0 Å².